The standard InChI is InChI=1S/C17H25N3O5S/c1-12(17(21)20(2)13-6-7-18-11-13)19-26(22,23)14-4-5-15-16(10-14)25-9-3-8-24-15/h4-5,10,12-13,18-19H,3,6-9,11H2,1-2H3. The number of nitrogens with zero attached hydrogens (tertiary/aromatic N) is 1. The summed E-state index contributed by atoms with van der Waals surface area (Å²) >= 11 is 0. The molecular weight excluding hydrogens is 358 g/mol. The molecule has 1 fully saturated rings. The van der Waals surface area contributed by atoms with Crippen molar-refractivity contribution in [2.24, 2.45) is 0 Å². The molecule has 26 heavy (non-hydrogen) atoms. The Morgan fingerprint density at radius 1 is 1.31 bits per heavy atom. The van der Waals surface area contributed by atoms with Gasteiger partial charge in [0, 0.05) is 32.1 Å². The number of ether oxygens (including phenoxy) is 2. The minimum atomic E-state index is -3.86. The molecule has 1 aromatic carbocycles. The van der Waals surface area contributed by atoms with Crippen molar-refractivity contribution in [1.82, 2.24) is 14.9 Å². The molecule has 1 saturated heterocycles. The van der Waals surface area contributed by atoms with Crippen LogP contribution in [0.2, 0.25) is 0 Å². The van der Waals surface area contributed by atoms with Crippen LogP contribution in [0.25, 0.3) is 0 Å². The molecule has 2 unspecified atom stereocenters. The Morgan fingerprint density at radius 2 is 2.04 bits per heavy atom. The predicted octanol–water partition coefficient (Wildman–Crippen LogP) is 0.335. The molecule has 0 radical (unpaired) electrons. The van der Waals surface area contributed by atoms with E-state index in [4.69, 9.17) is 9.47 Å². The van der Waals surface area contributed by atoms with Crippen molar-refractivity contribution in [3.63, 3.8) is 0 Å². The van der Waals surface area contributed by atoms with Gasteiger partial charge >= 0.3 is 0 Å². The van der Waals surface area contributed by atoms with Gasteiger partial charge in [-0.25, -0.2) is 8.42 Å². The van der Waals surface area contributed by atoms with E-state index in [9.17, 15) is 13.2 Å². The molecule has 2 aliphatic rings. The van der Waals surface area contributed by atoms with Crippen LogP contribution in [-0.4, -0.2) is 64.7 Å². The van der Waals surface area contributed by atoms with Crippen molar-refractivity contribution >= 4 is 15.9 Å². The summed E-state index contributed by atoms with van der Waals surface area (Å²) in [6, 6.07) is 3.70. The average Bonchev–Trinajstić information content (AvgIpc) is 3.05. The molecule has 2 heterocycles. The van der Waals surface area contributed by atoms with Crippen LogP contribution in [0.5, 0.6) is 11.5 Å². The minimum Gasteiger partial charge on any atom is -0.490 e. The topological polar surface area (TPSA) is 97.0 Å². The van der Waals surface area contributed by atoms with Crippen molar-refractivity contribution in [3.8, 4) is 11.5 Å². The first kappa shape index (κ1) is 18.9. The number of sulfonamides is 1. The van der Waals surface area contributed by atoms with E-state index < -0.39 is 16.1 Å². The van der Waals surface area contributed by atoms with Gasteiger partial charge in [-0.2, -0.15) is 4.72 Å². The van der Waals surface area contributed by atoms with Crippen LogP contribution in [0.1, 0.15) is 19.8 Å². The monoisotopic (exact) mass is 383 g/mol. The van der Waals surface area contributed by atoms with E-state index in [2.05, 4.69) is 10.0 Å². The fraction of sp³-hybridized carbons (Fsp3) is 0.588. The second-order valence-corrected chi connectivity index (χ2v) is 8.31. The Balaban J connectivity index is 1.71. The van der Waals surface area contributed by atoms with E-state index in [0.717, 1.165) is 25.9 Å². The fourth-order valence-corrected chi connectivity index (χ4v) is 4.33. The number of benzene rings is 1. The van der Waals surface area contributed by atoms with Crippen LogP contribution >= 0.6 is 0 Å². The lowest BCUT2D eigenvalue weighted by Crippen LogP contribution is -2.49. The lowest BCUT2D eigenvalue weighted by Gasteiger charge is -2.27. The highest BCUT2D eigenvalue weighted by Crippen LogP contribution is 2.31. The summed E-state index contributed by atoms with van der Waals surface area (Å²) in [7, 11) is -2.15. The van der Waals surface area contributed by atoms with Crippen LogP contribution in [0, 0.1) is 0 Å². The molecule has 1 amide bonds. The van der Waals surface area contributed by atoms with Crippen molar-refractivity contribution < 1.29 is 22.7 Å². The molecule has 2 aliphatic heterocycles. The highest BCUT2D eigenvalue weighted by molar-refractivity contribution is 7.89. The highest BCUT2D eigenvalue weighted by atomic mass is 32.2. The normalized spacial score (nSPS) is 21.1. The highest BCUT2D eigenvalue weighted by Gasteiger charge is 2.29. The zero-order valence-electron chi connectivity index (χ0n) is 15.0. The Kier molecular flexibility index (Phi) is 5.69. The molecular formula is C17H25N3O5S. The summed E-state index contributed by atoms with van der Waals surface area (Å²) in [5.74, 6) is 0.675. The number of amides is 1. The number of hydrogen-bond donors (Lipinski definition) is 2. The molecule has 3 rings (SSSR count). The molecule has 0 bridgehead atoms. The Morgan fingerprint density at radius 3 is 2.73 bits per heavy atom. The zero-order valence-corrected chi connectivity index (χ0v) is 15.8. The Labute approximate surface area is 153 Å². The van der Waals surface area contributed by atoms with Gasteiger partial charge in [0.25, 0.3) is 0 Å². The SMILES string of the molecule is CC(NS(=O)(=O)c1ccc2c(c1)OCCCO2)C(=O)N(C)C1CCNC1. The number of fused-ring (bicyclic) bond motifs is 1. The quantitative estimate of drug-likeness (QED) is 0.761. The fourth-order valence-electron chi connectivity index (χ4n) is 3.12. The minimum absolute atomic E-state index is 0.0478. The van der Waals surface area contributed by atoms with Gasteiger partial charge in [-0.3, -0.25) is 4.79 Å². The van der Waals surface area contributed by atoms with Crippen LogP contribution in [0.3, 0.4) is 0 Å². The molecule has 0 aliphatic carbocycles. The first-order valence-electron chi connectivity index (χ1n) is 8.78. The maximum Gasteiger partial charge on any atom is 0.241 e. The zero-order chi connectivity index (χ0) is 18.7. The first-order valence-corrected chi connectivity index (χ1v) is 10.3. The van der Waals surface area contributed by atoms with Crippen molar-refractivity contribution in [1.29, 1.82) is 0 Å². The van der Waals surface area contributed by atoms with E-state index in [1.165, 1.54) is 12.1 Å². The number of carbonyl (C=O) groups is 1. The molecule has 8 nitrogen and oxygen atoms in total. The lowest BCUT2D eigenvalue weighted by atomic mass is 10.2. The number of carbonyl (C=O) groups excluding carboxylic acids is 1. The average molecular weight is 383 g/mol. The molecule has 0 aromatic heterocycles. The van der Waals surface area contributed by atoms with Gasteiger partial charge in [0.05, 0.1) is 24.2 Å². The Hall–Kier alpha value is -1.84. The summed E-state index contributed by atoms with van der Waals surface area (Å²) in [6.45, 7) is 4.15. The number of likely N-dealkylation sites (N-methyl/N-ethyl adjacent to an activating group) is 1. The van der Waals surface area contributed by atoms with E-state index >= 15 is 0 Å². The van der Waals surface area contributed by atoms with E-state index in [1.807, 2.05) is 0 Å². The summed E-state index contributed by atoms with van der Waals surface area (Å²) in [5, 5.41) is 3.20. The second-order valence-electron chi connectivity index (χ2n) is 6.60. The van der Waals surface area contributed by atoms with E-state index in [1.54, 1.807) is 24.9 Å². The van der Waals surface area contributed by atoms with Crippen LogP contribution in [0.4, 0.5) is 0 Å². The third kappa shape index (κ3) is 4.11. The molecule has 2 atom stereocenters. The second kappa shape index (κ2) is 7.81. The smallest absolute Gasteiger partial charge is 0.241 e. The summed E-state index contributed by atoms with van der Waals surface area (Å²) < 4.78 is 38.9. The number of nitrogens with one attached hydrogen (secondary N) is 2. The van der Waals surface area contributed by atoms with Crippen LogP contribution < -0.4 is 19.5 Å². The third-order valence-corrected chi connectivity index (χ3v) is 6.20. The molecule has 0 spiro atoms. The van der Waals surface area contributed by atoms with Crippen molar-refractivity contribution in [2.75, 3.05) is 33.4 Å². The summed E-state index contributed by atoms with van der Waals surface area (Å²) in [4.78, 5) is 14.2. The molecule has 2 N–H and O–H groups in total. The molecule has 144 valence electrons. The van der Waals surface area contributed by atoms with Crippen LogP contribution in [-0.2, 0) is 14.8 Å². The van der Waals surface area contributed by atoms with Gasteiger partial charge in [-0.15, -0.1) is 0 Å². The van der Waals surface area contributed by atoms with Gasteiger partial charge in [0.15, 0.2) is 11.5 Å². The Bertz CT molecular complexity index is 762. The largest absolute Gasteiger partial charge is 0.490 e. The van der Waals surface area contributed by atoms with Crippen molar-refractivity contribution in [2.45, 2.75) is 36.7 Å². The van der Waals surface area contributed by atoms with Crippen molar-refractivity contribution in [3.05, 3.63) is 18.2 Å². The third-order valence-electron chi connectivity index (χ3n) is 4.66. The van der Waals surface area contributed by atoms with E-state index in [-0.39, 0.29) is 16.8 Å². The summed E-state index contributed by atoms with van der Waals surface area (Å²) in [5.41, 5.74) is 0. The maximum atomic E-state index is 12.7. The van der Waals surface area contributed by atoms with Gasteiger partial charge < -0.3 is 19.7 Å². The predicted molar refractivity (Wildman–Crippen MR) is 95.9 cm³/mol. The van der Waals surface area contributed by atoms with Gasteiger partial charge in [-0.05, 0) is 32.0 Å². The molecule has 0 saturated carbocycles. The summed E-state index contributed by atoms with van der Waals surface area (Å²) in [6.07, 6.45) is 1.60. The van der Waals surface area contributed by atoms with Gasteiger partial charge in [-0.1, -0.05) is 0 Å². The van der Waals surface area contributed by atoms with Crippen LogP contribution in [0.15, 0.2) is 23.1 Å². The lowest BCUT2D eigenvalue weighted by molar-refractivity contribution is -0.133. The van der Waals surface area contributed by atoms with E-state index in [0.29, 0.717) is 24.7 Å². The molecule has 1 aromatic rings. The van der Waals surface area contributed by atoms with Gasteiger partial charge in [0.1, 0.15) is 0 Å². The number of rotatable bonds is 5. The number of hydrogen-bond acceptors (Lipinski definition) is 6. The molecule has 9 heteroatoms. The van der Waals surface area contributed by atoms with Gasteiger partial charge in [0.2, 0.25) is 15.9 Å². The maximum absolute atomic E-state index is 12.7. The first-order chi connectivity index (χ1) is 12.4.